The number of carbonyl (C=O) groups excluding carboxylic acids is 2. The van der Waals surface area contributed by atoms with Crippen molar-refractivity contribution in [1.82, 2.24) is 15.2 Å². The molecule has 0 aromatic heterocycles. The molecule has 1 saturated heterocycles. The number of halogens is 1. The van der Waals surface area contributed by atoms with Gasteiger partial charge in [-0.1, -0.05) is 30.3 Å². The van der Waals surface area contributed by atoms with Crippen LogP contribution < -0.4 is 10.1 Å². The Morgan fingerprint density at radius 1 is 1.20 bits per heavy atom. The second-order valence-corrected chi connectivity index (χ2v) is 8.72. The molecule has 184 valence electrons. The third kappa shape index (κ3) is 5.26. The van der Waals surface area contributed by atoms with Gasteiger partial charge in [0.25, 0.3) is 5.91 Å². The van der Waals surface area contributed by atoms with E-state index in [9.17, 15) is 23.9 Å². The van der Waals surface area contributed by atoms with E-state index >= 15 is 0 Å². The number of carbonyl (C=O) groups is 3. The third-order valence-corrected chi connectivity index (χ3v) is 6.35. The van der Waals surface area contributed by atoms with Crippen LogP contribution in [0.25, 0.3) is 0 Å². The van der Waals surface area contributed by atoms with Gasteiger partial charge in [0.05, 0.1) is 12.3 Å². The number of carboxylic acid groups (broad SMARTS) is 1. The lowest BCUT2D eigenvalue weighted by molar-refractivity contribution is -0.140. The maximum Gasteiger partial charge on any atom is 0.405 e. The Kier molecular flexibility index (Phi) is 6.99. The molecule has 0 saturated carbocycles. The number of ether oxygens (including phenoxy) is 1. The van der Waals surface area contributed by atoms with Gasteiger partial charge in [-0.2, -0.15) is 5.10 Å². The van der Waals surface area contributed by atoms with Gasteiger partial charge in [-0.3, -0.25) is 9.59 Å². The number of nitrogens with zero attached hydrogens (tertiary/aromatic N) is 3. The number of nitrogens with one attached hydrogen (secondary N) is 1. The molecule has 2 aliphatic rings. The first-order valence-electron chi connectivity index (χ1n) is 11.4. The maximum absolute atomic E-state index is 13.4. The summed E-state index contributed by atoms with van der Waals surface area (Å²) in [6.45, 7) is 0.477. The maximum atomic E-state index is 13.4. The first kappa shape index (κ1) is 24.2. The number of hydrogen-bond acceptors (Lipinski definition) is 5. The molecule has 0 spiro atoms. The highest BCUT2D eigenvalue weighted by Gasteiger charge is 2.53. The minimum Gasteiger partial charge on any atom is -0.493 e. The number of benzene rings is 2. The predicted octanol–water partition coefficient (Wildman–Crippen LogP) is 2.52. The van der Waals surface area contributed by atoms with Crippen molar-refractivity contribution in [3.63, 3.8) is 0 Å². The van der Waals surface area contributed by atoms with Crippen molar-refractivity contribution in [1.29, 1.82) is 0 Å². The van der Waals surface area contributed by atoms with E-state index in [2.05, 4.69) is 10.4 Å². The van der Waals surface area contributed by atoms with Crippen molar-refractivity contribution in [2.75, 3.05) is 26.7 Å². The standard InChI is InChI=1S/C25H27FN4O5/c1-29-23(32)25(15-17-5-3-2-4-6-17)16-30(13-11-21(25)28-29)22(31)20(27-24(33)34)12-14-35-19-9-7-18(26)8-10-19/h2-10,20,27H,11-16H2,1H3,(H,33,34)/t20-,25-/m1/s1. The van der Waals surface area contributed by atoms with Crippen LogP contribution in [-0.2, 0) is 16.0 Å². The van der Waals surface area contributed by atoms with Crippen molar-refractivity contribution < 1.29 is 28.6 Å². The highest BCUT2D eigenvalue weighted by atomic mass is 19.1. The Bertz CT molecular complexity index is 1120. The van der Waals surface area contributed by atoms with Crippen LogP contribution in [0, 0.1) is 11.2 Å². The Morgan fingerprint density at radius 2 is 1.91 bits per heavy atom. The first-order chi connectivity index (χ1) is 16.8. The van der Waals surface area contributed by atoms with Crippen LogP contribution in [0.15, 0.2) is 59.7 Å². The molecular weight excluding hydrogens is 455 g/mol. The van der Waals surface area contributed by atoms with Crippen LogP contribution in [0.5, 0.6) is 5.75 Å². The van der Waals surface area contributed by atoms with E-state index in [4.69, 9.17) is 4.74 Å². The highest BCUT2D eigenvalue weighted by Crippen LogP contribution is 2.38. The van der Waals surface area contributed by atoms with Crippen LogP contribution in [0.2, 0.25) is 0 Å². The molecule has 2 aromatic rings. The van der Waals surface area contributed by atoms with Gasteiger partial charge in [0, 0.05) is 33.0 Å². The third-order valence-electron chi connectivity index (χ3n) is 6.35. The SMILES string of the molecule is CN1N=C2CCN(C(=O)[C@@H](CCOc3ccc(F)cc3)NC(=O)O)C[C@@]2(Cc2ccccc2)C1=O. The smallest absolute Gasteiger partial charge is 0.405 e. The fourth-order valence-electron chi connectivity index (χ4n) is 4.67. The molecule has 2 aliphatic heterocycles. The number of likely N-dealkylation sites (tertiary alicyclic amines) is 1. The van der Waals surface area contributed by atoms with E-state index < -0.39 is 29.3 Å². The quantitative estimate of drug-likeness (QED) is 0.601. The van der Waals surface area contributed by atoms with Crippen LogP contribution in [0.1, 0.15) is 18.4 Å². The van der Waals surface area contributed by atoms with Crippen molar-refractivity contribution in [3.05, 3.63) is 66.0 Å². The average Bonchev–Trinajstić information content (AvgIpc) is 3.08. The number of hydrazone groups is 1. The Hall–Kier alpha value is -3.95. The summed E-state index contributed by atoms with van der Waals surface area (Å²) in [5.41, 5.74) is 0.703. The van der Waals surface area contributed by atoms with E-state index in [0.717, 1.165) is 11.3 Å². The van der Waals surface area contributed by atoms with E-state index in [1.54, 1.807) is 7.05 Å². The van der Waals surface area contributed by atoms with Crippen molar-refractivity contribution >= 4 is 23.6 Å². The minimum absolute atomic E-state index is 0.0414. The van der Waals surface area contributed by atoms with Gasteiger partial charge in [-0.25, -0.2) is 14.2 Å². The van der Waals surface area contributed by atoms with Crippen LogP contribution in [-0.4, -0.2) is 71.4 Å². The van der Waals surface area contributed by atoms with Gasteiger partial charge in [0.2, 0.25) is 5.91 Å². The fourth-order valence-corrected chi connectivity index (χ4v) is 4.67. The summed E-state index contributed by atoms with van der Waals surface area (Å²) >= 11 is 0. The molecule has 3 amide bonds. The monoisotopic (exact) mass is 482 g/mol. The second kappa shape index (κ2) is 10.1. The molecule has 35 heavy (non-hydrogen) atoms. The molecule has 0 bridgehead atoms. The van der Waals surface area contributed by atoms with Crippen molar-refractivity contribution in [3.8, 4) is 5.75 Å². The summed E-state index contributed by atoms with van der Waals surface area (Å²) in [5.74, 6) is -0.601. The lowest BCUT2D eigenvalue weighted by Gasteiger charge is -2.40. The Balaban J connectivity index is 1.49. The number of fused-ring (bicyclic) bond motifs is 1. The van der Waals surface area contributed by atoms with Gasteiger partial charge in [0.1, 0.15) is 23.0 Å². The van der Waals surface area contributed by atoms with Gasteiger partial charge >= 0.3 is 6.09 Å². The molecule has 4 rings (SSSR count). The minimum atomic E-state index is -1.33. The largest absolute Gasteiger partial charge is 0.493 e. The summed E-state index contributed by atoms with van der Waals surface area (Å²) in [6.07, 6.45) is -0.454. The highest BCUT2D eigenvalue weighted by molar-refractivity contribution is 6.13. The number of piperidine rings is 1. The van der Waals surface area contributed by atoms with Crippen LogP contribution in [0.4, 0.5) is 9.18 Å². The molecule has 9 nitrogen and oxygen atoms in total. The van der Waals surface area contributed by atoms with Gasteiger partial charge in [-0.15, -0.1) is 0 Å². The number of rotatable bonds is 8. The molecule has 0 aliphatic carbocycles. The Labute approximate surface area is 202 Å². The van der Waals surface area contributed by atoms with E-state index in [1.165, 1.54) is 34.2 Å². The molecular formula is C25H27FN4O5. The van der Waals surface area contributed by atoms with Crippen molar-refractivity contribution in [2.45, 2.75) is 25.3 Å². The summed E-state index contributed by atoms with van der Waals surface area (Å²) in [7, 11) is 1.61. The molecule has 2 aromatic carbocycles. The molecule has 10 heteroatoms. The first-order valence-corrected chi connectivity index (χ1v) is 11.4. The van der Waals surface area contributed by atoms with Crippen molar-refractivity contribution in [2.24, 2.45) is 10.5 Å². The zero-order valence-corrected chi connectivity index (χ0v) is 19.3. The lowest BCUT2D eigenvalue weighted by Crippen LogP contribution is -2.59. The zero-order valence-electron chi connectivity index (χ0n) is 19.3. The van der Waals surface area contributed by atoms with Gasteiger partial charge < -0.3 is 20.1 Å². The molecule has 0 unspecified atom stereocenters. The van der Waals surface area contributed by atoms with Crippen LogP contribution >= 0.6 is 0 Å². The van der Waals surface area contributed by atoms with E-state index in [0.29, 0.717) is 25.1 Å². The molecule has 2 heterocycles. The molecule has 1 fully saturated rings. The van der Waals surface area contributed by atoms with E-state index in [-0.39, 0.29) is 25.5 Å². The van der Waals surface area contributed by atoms with E-state index in [1.807, 2.05) is 30.3 Å². The lowest BCUT2D eigenvalue weighted by atomic mass is 9.73. The molecule has 2 N–H and O–H groups in total. The van der Waals surface area contributed by atoms with Gasteiger partial charge in [-0.05, 0) is 36.2 Å². The molecule has 0 radical (unpaired) electrons. The molecule has 2 atom stereocenters. The Morgan fingerprint density at radius 3 is 2.60 bits per heavy atom. The average molecular weight is 483 g/mol. The number of amides is 3. The summed E-state index contributed by atoms with van der Waals surface area (Å²) < 4.78 is 18.6. The van der Waals surface area contributed by atoms with Crippen LogP contribution in [0.3, 0.4) is 0 Å². The second-order valence-electron chi connectivity index (χ2n) is 8.72. The normalized spacial score (nSPS) is 20.2. The summed E-state index contributed by atoms with van der Waals surface area (Å²) in [5, 5.41) is 17.4. The summed E-state index contributed by atoms with van der Waals surface area (Å²) in [6, 6.07) is 13.9. The fraction of sp³-hybridized carbons (Fsp3) is 0.360. The zero-order chi connectivity index (χ0) is 25.0. The topological polar surface area (TPSA) is 112 Å². The predicted molar refractivity (Wildman–Crippen MR) is 125 cm³/mol. The number of hydrogen-bond donors (Lipinski definition) is 2. The summed E-state index contributed by atoms with van der Waals surface area (Å²) in [4.78, 5) is 39.6. The van der Waals surface area contributed by atoms with Gasteiger partial charge in [0.15, 0.2) is 0 Å².